The van der Waals surface area contributed by atoms with Crippen molar-refractivity contribution < 1.29 is 49.1 Å². The van der Waals surface area contributed by atoms with Crippen LogP contribution in [0.25, 0.3) is 128 Å². The number of aromatic nitrogens is 4. The van der Waals surface area contributed by atoms with Gasteiger partial charge in [0.25, 0.3) is 6.33 Å². The van der Waals surface area contributed by atoms with Crippen molar-refractivity contribution in [1.29, 1.82) is 0 Å². The zero-order valence-corrected chi connectivity index (χ0v) is 44.6. The van der Waals surface area contributed by atoms with E-state index in [1.807, 2.05) is 59.2 Å². The molecule has 0 aliphatic carbocycles. The molecule has 0 aliphatic rings. The number of nitrogens with zero attached hydrogens (tertiary/aromatic N) is 4. The number of hydrogen-bond acceptors (Lipinski definition) is 2. The highest BCUT2D eigenvalue weighted by Crippen LogP contribution is 2.42. The molecule has 0 fully saturated rings. The van der Waals surface area contributed by atoms with Gasteiger partial charge in [0.15, 0.2) is 0 Å². The number of imidazole rings is 1. The molecule has 0 aliphatic heterocycles. The predicted octanol–water partition coefficient (Wildman–Crippen LogP) is 20.3. The third kappa shape index (κ3) is 9.63. The lowest BCUT2D eigenvalue weighted by Crippen LogP contribution is -2.31. The Hall–Kier alpha value is -11.1. The molecule has 402 valence electrons. The second kappa shape index (κ2) is 21.6. The highest BCUT2D eigenvalue weighted by molar-refractivity contribution is 6.11. The normalized spacial score (nSPS) is 16.4. The Kier molecular flexibility index (Phi) is 7.31. The summed E-state index contributed by atoms with van der Waals surface area (Å²) >= 11 is 0. The molecule has 0 N–H and O–H groups in total. The van der Waals surface area contributed by atoms with Crippen molar-refractivity contribution in [1.82, 2.24) is 14.1 Å². The minimum atomic E-state index is -2.49. The molecule has 0 amide bonds. The van der Waals surface area contributed by atoms with Gasteiger partial charge in [-0.05, 0) is 188 Å². The first-order valence-corrected chi connectivity index (χ1v) is 26.5. The largest absolute Gasteiger partial charge is 0.458 e. The van der Waals surface area contributed by atoms with E-state index in [9.17, 15) is 19.2 Å². The van der Waals surface area contributed by atoms with Gasteiger partial charge < -0.3 is 4.74 Å². The van der Waals surface area contributed by atoms with Gasteiger partial charge in [0.05, 0.1) is 69.1 Å². The van der Waals surface area contributed by atoms with Gasteiger partial charge in [0, 0.05) is 27.1 Å². The molecule has 5 heteroatoms. The maximum atomic E-state index is 10.4. The minimum Gasteiger partial charge on any atom is -0.458 e. The van der Waals surface area contributed by atoms with Crippen LogP contribution in [0.2, 0.25) is 0 Å². The highest BCUT2D eigenvalue weighted by Gasteiger charge is 2.23. The molecule has 0 saturated heterocycles. The zero-order chi connectivity index (χ0) is 81.9. The lowest BCUT2D eigenvalue weighted by atomic mass is 9.89. The lowest BCUT2D eigenvalue weighted by Gasteiger charge is -2.20. The molecule has 0 atom stereocenters. The van der Waals surface area contributed by atoms with Gasteiger partial charge in [0.1, 0.15) is 17.3 Å². The molecule has 5 nitrogen and oxygen atoms in total. The van der Waals surface area contributed by atoms with Gasteiger partial charge >= 0.3 is 0 Å². The predicted molar refractivity (Wildman–Crippen MR) is 350 cm³/mol. The van der Waals surface area contributed by atoms with E-state index in [0.29, 0.717) is 33.9 Å². The maximum Gasteiger partial charge on any atom is 0.269 e. The van der Waals surface area contributed by atoms with Gasteiger partial charge in [0.2, 0.25) is 0 Å². The van der Waals surface area contributed by atoms with Crippen LogP contribution in [0.15, 0.2) is 303 Å². The van der Waals surface area contributed by atoms with Crippen molar-refractivity contribution in [2.45, 2.75) is 13.8 Å². The minimum absolute atomic E-state index is 0.100. The number of pyridine rings is 1. The van der Waals surface area contributed by atoms with Crippen LogP contribution in [0, 0.1) is 20.1 Å². The number of rotatable bonds is 12. The van der Waals surface area contributed by atoms with Crippen LogP contribution in [0.5, 0.6) is 11.5 Å². The number of aryl methyl sites for hydroxylation is 2. The second-order valence-electron chi connectivity index (χ2n) is 19.5. The third-order valence-electron chi connectivity index (χ3n) is 14.3. The molecule has 15 aromatic rings. The van der Waals surface area contributed by atoms with E-state index in [1.54, 1.807) is 78.2 Å². The van der Waals surface area contributed by atoms with E-state index < -0.39 is 220 Å². The Bertz CT molecular complexity index is 6200. The standard InChI is InChI=1S/C80H56N4O/c1-54-42-79(81-52-55(54)2)84-75-41-38-61(56-22-8-3-9-23-56)49-74(75)73-40-39-70(51-78(73)84)85-69-33-20-32-68(50-69)82-53-83(77-37-19-18-36-76(77)82)80-71(66-45-62(57-24-10-4-11-25-57)43-63(46-66)58-26-12-5-13-27-58)34-21-35-72(80)67-47-64(59-28-14-6-15-29-59)44-65(48-67)60-30-16-7-17-31-60/h3-52H,1-2H3/i1D3,4D,5D,6D,7D,10D,11D,12D,13D,14D,15D,16D,17D,24D,25D,26D,27D,28D,29D,30D,31D,43D,44D,45D,46D,47D,48D. The Morgan fingerprint density at radius 2 is 0.976 bits per heavy atom. The summed E-state index contributed by atoms with van der Waals surface area (Å²) in [5.74, 6) is 0.839. The Morgan fingerprint density at radius 3 is 1.58 bits per heavy atom. The zero-order valence-electron chi connectivity index (χ0n) is 73.6. The molecular weight excluding hydrogens is 1030 g/mol. The average molecular weight is 1120 g/mol. The van der Waals surface area contributed by atoms with Crippen LogP contribution < -0.4 is 9.30 Å². The molecule has 3 aromatic heterocycles. The summed E-state index contributed by atoms with van der Waals surface area (Å²) in [6.07, 6.45) is 4.87. The van der Waals surface area contributed by atoms with Crippen molar-refractivity contribution in [2.75, 3.05) is 0 Å². The number of benzene rings is 12. The third-order valence-corrected chi connectivity index (χ3v) is 14.3. The summed E-state index contributed by atoms with van der Waals surface area (Å²) in [4.78, 5) is 4.76. The van der Waals surface area contributed by atoms with Gasteiger partial charge in [-0.3, -0.25) is 13.7 Å². The first-order valence-electron chi connectivity index (χ1n) is 41.0. The van der Waals surface area contributed by atoms with Crippen LogP contribution in [-0.4, -0.2) is 14.1 Å². The summed E-state index contributed by atoms with van der Waals surface area (Å²) < 4.78 is 278. The van der Waals surface area contributed by atoms with Crippen LogP contribution >= 0.6 is 0 Å². The van der Waals surface area contributed by atoms with E-state index in [0.717, 1.165) is 21.9 Å². The maximum absolute atomic E-state index is 10.4. The fraction of sp³-hybridized carbons (Fsp3) is 0.0250. The van der Waals surface area contributed by atoms with Crippen LogP contribution in [-0.2, 0) is 0 Å². The van der Waals surface area contributed by atoms with E-state index in [-0.39, 0.29) is 39.2 Å². The highest BCUT2D eigenvalue weighted by atomic mass is 16.5. The molecule has 0 radical (unpaired) electrons. The van der Waals surface area contributed by atoms with E-state index in [1.165, 1.54) is 29.0 Å². The van der Waals surface area contributed by atoms with Crippen molar-refractivity contribution in [3.8, 4) is 107 Å². The molecule has 0 unspecified atom stereocenters. The van der Waals surface area contributed by atoms with E-state index in [2.05, 4.69) is 6.33 Å². The fourth-order valence-corrected chi connectivity index (χ4v) is 10.4. The number of hydrogen-bond donors (Lipinski definition) is 0. The monoisotopic (exact) mass is 1120 g/mol. The average Bonchev–Trinajstić information content (AvgIpc) is 1.01. The van der Waals surface area contributed by atoms with Gasteiger partial charge in [-0.1, -0.05) is 206 Å². The molecule has 15 rings (SSSR count). The van der Waals surface area contributed by atoms with Crippen LogP contribution in [0.3, 0.4) is 0 Å². The first-order chi connectivity index (χ1) is 54.0. The smallest absolute Gasteiger partial charge is 0.269 e. The quantitative estimate of drug-likeness (QED) is 0.0903. The van der Waals surface area contributed by atoms with Crippen LogP contribution in [0.1, 0.15) is 50.9 Å². The molecule has 0 bridgehead atoms. The summed E-state index contributed by atoms with van der Waals surface area (Å²) in [6, 6.07) is 15.0. The summed E-state index contributed by atoms with van der Waals surface area (Å²) in [5.41, 5.74) is -4.46. The van der Waals surface area contributed by atoms with Crippen molar-refractivity contribution >= 4 is 32.8 Å². The Labute approximate surface area is 535 Å². The van der Waals surface area contributed by atoms with Gasteiger partial charge in [-0.2, -0.15) is 0 Å². The summed E-state index contributed by atoms with van der Waals surface area (Å²) in [6.45, 7) is -0.818. The van der Waals surface area contributed by atoms with Crippen molar-refractivity contribution in [3.63, 3.8) is 0 Å². The SMILES string of the molecule is [2H]c1c([2H])c([2H])c(-c2c([2H])c(-c3cccc(-c4c([2H])c(-c5c([2H])c([2H])c([2H])c([2H])c5[2H])c([2H])c(-c5c([2H])c([2H])c([2H])c([2H])c5[2H])c4[2H])c3-[n+]3[c-]n(-c4cccc(Oc5ccc6c7cc(-c8ccccc8)ccc7n(-c7cc(C([2H])([2H])[2H])c(C)cn7)c6c5)c4)c4ccccc43)c([2H])c(-c3c([2H])c([2H])c([2H])c([2H])c3[2H])c2[2H])c([2H])c1[2H]. The van der Waals surface area contributed by atoms with Crippen molar-refractivity contribution in [3.05, 3.63) is 320 Å². The van der Waals surface area contributed by atoms with Gasteiger partial charge in [-0.25, -0.2) is 4.98 Å². The van der Waals surface area contributed by atoms with Crippen LogP contribution in [0.4, 0.5) is 0 Å². The molecular formula is C80H56N4O. The number of ether oxygens (including phenoxy) is 1. The Morgan fingerprint density at radius 1 is 0.424 bits per heavy atom. The lowest BCUT2D eigenvalue weighted by molar-refractivity contribution is -0.571. The summed E-state index contributed by atoms with van der Waals surface area (Å²) in [5, 5.41) is 1.58. The second-order valence-corrected chi connectivity index (χ2v) is 19.5. The molecule has 3 heterocycles. The summed E-state index contributed by atoms with van der Waals surface area (Å²) in [7, 11) is 0. The number of para-hydroxylation sites is 3. The number of fused-ring (bicyclic) bond motifs is 4. The van der Waals surface area contributed by atoms with E-state index in [4.69, 9.17) is 30.3 Å². The Balaban J connectivity index is 1.04. The van der Waals surface area contributed by atoms with Gasteiger partial charge in [-0.15, -0.1) is 0 Å². The molecule has 0 saturated carbocycles. The van der Waals surface area contributed by atoms with Crippen molar-refractivity contribution in [2.24, 2.45) is 0 Å². The molecule has 85 heavy (non-hydrogen) atoms. The fourth-order valence-electron chi connectivity index (χ4n) is 10.4. The topological polar surface area (TPSA) is 35.9 Å². The van der Waals surface area contributed by atoms with E-state index >= 15 is 0 Å². The first kappa shape index (κ1) is 28.7. The molecule has 12 aromatic carbocycles. The molecule has 0 spiro atoms.